The van der Waals surface area contributed by atoms with Gasteiger partial charge in [-0.05, 0) is 94.0 Å². The van der Waals surface area contributed by atoms with E-state index in [1.165, 1.54) is 37.5 Å². The highest BCUT2D eigenvalue weighted by Crippen LogP contribution is 2.35. The highest BCUT2D eigenvalue weighted by molar-refractivity contribution is 6.11. The summed E-state index contributed by atoms with van der Waals surface area (Å²) in [5.74, 6) is -2.83. The summed E-state index contributed by atoms with van der Waals surface area (Å²) in [5, 5.41) is 15.8. The molecule has 2 aromatic carbocycles. The van der Waals surface area contributed by atoms with Gasteiger partial charge in [0.2, 0.25) is 6.79 Å². The summed E-state index contributed by atoms with van der Waals surface area (Å²) in [5.41, 5.74) is 6.05. The van der Waals surface area contributed by atoms with Crippen molar-refractivity contribution >= 4 is 47.4 Å². The van der Waals surface area contributed by atoms with E-state index in [2.05, 4.69) is 27.5 Å². The first kappa shape index (κ1) is 41.5. The molecule has 2 atom stereocenters. The fourth-order valence-electron chi connectivity index (χ4n) is 5.29. The van der Waals surface area contributed by atoms with E-state index in [9.17, 15) is 24.0 Å². The fourth-order valence-corrected chi connectivity index (χ4v) is 5.29. The number of methoxy groups -OCH3 is 1. The minimum absolute atomic E-state index is 0.0852. The molecule has 6 N–H and O–H groups in total. The molecule has 4 rings (SSSR count). The van der Waals surface area contributed by atoms with Crippen LogP contribution in [0.15, 0.2) is 55.1 Å². The van der Waals surface area contributed by atoms with Crippen molar-refractivity contribution in [2.75, 3.05) is 25.8 Å². The van der Waals surface area contributed by atoms with Crippen LogP contribution < -0.4 is 26.4 Å². The standard InChI is InChI=1S/C40H48N6O9/c1-8-22(3)32(46-39(51)55-40(4,5)6)37(49)53-21-54-38(50)33-27(16-17-30(45-33)36(48)43-20-23-10-11-23)28-19-31(52-7)24(9-2)18-29(28)35(47)44-26-14-12-25(13-15-26)34(41)42/h9,12-19,22-23,32H,2,8,10-11,20-21H2,1,3-7H3,(H3,41,42)(H,43,48)(H,44,47)(H,46,51)/t22-,32-/m0/s1. The number of hydrogen-bond acceptors (Lipinski definition) is 11. The number of amides is 3. The summed E-state index contributed by atoms with van der Waals surface area (Å²) in [6, 6.07) is 11.2. The first-order valence-electron chi connectivity index (χ1n) is 17.8. The van der Waals surface area contributed by atoms with Gasteiger partial charge < -0.3 is 40.6 Å². The normalized spacial score (nSPS) is 13.3. The number of aromatic nitrogens is 1. The number of nitrogens with zero attached hydrogens (tertiary/aromatic N) is 1. The minimum Gasteiger partial charge on any atom is -0.496 e. The summed E-state index contributed by atoms with van der Waals surface area (Å²) in [7, 11) is 1.43. The second-order valence-electron chi connectivity index (χ2n) is 14.1. The molecule has 1 fully saturated rings. The minimum atomic E-state index is -1.11. The van der Waals surface area contributed by atoms with Gasteiger partial charge >= 0.3 is 18.0 Å². The zero-order valence-electron chi connectivity index (χ0n) is 31.9. The third-order valence-electron chi connectivity index (χ3n) is 8.68. The summed E-state index contributed by atoms with van der Waals surface area (Å²) in [4.78, 5) is 70.9. The molecule has 1 aliphatic carbocycles. The van der Waals surface area contributed by atoms with Crippen LogP contribution in [-0.4, -0.2) is 72.8 Å². The third kappa shape index (κ3) is 11.4. The van der Waals surface area contributed by atoms with Crippen LogP contribution >= 0.6 is 0 Å². The first-order chi connectivity index (χ1) is 26.0. The third-order valence-corrected chi connectivity index (χ3v) is 8.68. The molecule has 0 radical (unpaired) electrons. The molecule has 15 heteroatoms. The number of carbonyl (C=O) groups excluding carboxylic acids is 5. The van der Waals surface area contributed by atoms with Crippen molar-refractivity contribution < 1.29 is 42.9 Å². The predicted octanol–water partition coefficient (Wildman–Crippen LogP) is 5.67. The van der Waals surface area contributed by atoms with Gasteiger partial charge in [-0.25, -0.2) is 19.4 Å². The van der Waals surface area contributed by atoms with Crippen LogP contribution in [0.4, 0.5) is 10.5 Å². The van der Waals surface area contributed by atoms with Crippen molar-refractivity contribution in [1.29, 1.82) is 5.41 Å². The average molecular weight is 757 g/mol. The van der Waals surface area contributed by atoms with E-state index in [1.807, 2.05) is 6.92 Å². The number of esters is 2. The Kier molecular flexibility index (Phi) is 13.7. The Hall–Kier alpha value is -6.25. The number of nitrogen functional groups attached to an aromatic ring is 1. The van der Waals surface area contributed by atoms with E-state index in [1.54, 1.807) is 52.0 Å². The molecule has 0 saturated heterocycles. The van der Waals surface area contributed by atoms with Gasteiger partial charge in [0.05, 0.1) is 7.11 Å². The lowest BCUT2D eigenvalue weighted by atomic mass is 9.94. The first-order valence-corrected chi connectivity index (χ1v) is 17.8. The van der Waals surface area contributed by atoms with Crippen LogP contribution in [0.2, 0.25) is 0 Å². The molecular weight excluding hydrogens is 708 g/mol. The molecule has 292 valence electrons. The molecule has 1 heterocycles. The van der Waals surface area contributed by atoms with Crippen molar-refractivity contribution in [2.45, 2.75) is 65.5 Å². The number of nitrogens with two attached hydrogens (primary N) is 1. The van der Waals surface area contributed by atoms with Crippen LogP contribution in [0.3, 0.4) is 0 Å². The zero-order chi connectivity index (χ0) is 40.4. The molecule has 0 unspecified atom stereocenters. The van der Waals surface area contributed by atoms with Crippen LogP contribution in [0.5, 0.6) is 5.75 Å². The monoisotopic (exact) mass is 756 g/mol. The maximum absolute atomic E-state index is 13.9. The summed E-state index contributed by atoms with van der Waals surface area (Å²) in [6.45, 7) is 12.0. The molecule has 0 aliphatic heterocycles. The Morgan fingerprint density at radius 1 is 1.02 bits per heavy atom. The predicted molar refractivity (Wildman–Crippen MR) is 206 cm³/mol. The quantitative estimate of drug-likeness (QED) is 0.0518. The summed E-state index contributed by atoms with van der Waals surface area (Å²) in [6.07, 6.45) is 3.19. The number of anilines is 1. The smallest absolute Gasteiger partial charge is 0.408 e. The Morgan fingerprint density at radius 2 is 1.71 bits per heavy atom. The van der Waals surface area contributed by atoms with E-state index in [-0.39, 0.29) is 39.8 Å². The number of ether oxygens (including phenoxy) is 4. The van der Waals surface area contributed by atoms with Gasteiger partial charge in [0.1, 0.15) is 28.9 Å². The highest BCUT2D eigenvalue weighted by atomic mass is 16.7. The fraction of sp³-hybridized carbons (Fsp3) is 0.375. The van der Waals surface area contributed by atoms with E-state index in [0.717, 1.165) is 12.8 Å². The second-order valence-corrected chi connectivity index (χ2v) is 14.1. The number of hydrogen-bond donors (Lipinski definition) is 5. The number of carbonyl (C=O) groups is 5. The van der Waals surface area contributed by atoms with E-state index in [4.69, 9.17) is 30.1 Å². The maximum Gasteiger partial charge on any atom is 0.408 e. The van der Waals surface area contributed by atoms with Crippen molar-refractivity contribution in [2.24, 2.45) is 17.6 Å². The number of nitrogens with one attached hydrogen (secondary N) is 4. The van der Waals surface area contributed by atoms with Crippen LogP contribution in [-0.2, 0) is 19.0 Å². The van der Waals surface area contributed by atoms with Crippen molar-refractivity contribution in [3.63, 3.8) is 0 Å². The second kappa shape index (κ2) is 18.2. The lowest BCUT2D eigenvalue weighted by molar-refractivity contribution is -0.156. The highest BCUT2D eigenvalue weighted by Gasteiger charge is 2.31. The van der Waals surface area contributed by atoms with Gasteiger partial charge in [-0.2, -0.15) is 0 Å². The number of benzene rings is 2. The van der Waals surface area contributed by atoms with E-state index < -0.39 is 48.3 Å². The van der Waals surface area contributed by atoms with Crippen LogP contribution in [0.25, 0.3) is 17.2 Å². The number of alkyl carbamates (subject to hydrolysis) is 1. The lowest BCUT2D eigenvalue weighted by Crippen LogP contribution is -2.47. The van der Waals surface area contributed by atoms with Crippen molar-refractivity contribution in [3.8, 4) is 16.9 Å². The molecule has 3 amide bonds. The Labute approximate surface area is 319 Å². The SMILES string of the molecule is C=Cc1cc(C(=O)Nc2ccc(C(=N)N)cc2)c(-c2ccc(C(=O)NCC3CC3)nc2C(=O)OCOC(=O)[C@@H](NC(=O)OC(C)(C)C)[C@@H](C)CC)cc1OC. The van der Waals surface area contributed by atoms with Crippen molar-refractivity contribution in [3.05, 3.63) is 83.2 Å². The Bertz CT molecular complexity index is 1950. The molecule has 0 spiro atoms. The Morgan fingerprint density at radius 3 is 2.29 bits per heavy atom. The van der Waals surface area contributed by atoms with E-state index in [0.29, 0.717) is 41.4 Å². The lowest BCUT2D eigenvalue weighted by Gasteiger charge is -2.25. The molecule has 15 nitrogen and oxygen atoms in total. The van der Waals surface area contributed by atoms with Gasteiger partial charge in [-0.3, -0.25) is 15.0 Å². The largest absolute Gasteiger partial charge is 0.496 e. The van der Waals surface area contributed by atoms with Crippen LogP contribution in [0, 0.1) is 17.2 Å². The Balaban J connectivity index is 1.69. The van der Waals surface area contributed by atoms with Gasteiger partial charge in [-0.15, -0.1) is 0 Å². The molecule has 1 aliphatic rings. The molecule has 1 saturated carbocycles. The van der Waals surface area contributed by atoms with Crippen LogP contribution in [0.1, 0.15) is 96.3 Å². The molecule has 1 aromatic heterocycles. The molecule has 3 aromatic rings. The molecular formula is C40H48N6O9. The summed E-state index contributed by atoms with van der Waals surface area (Å²) < 4.78 is 21.5. The van der Waals surface area contributed by atoms with Crippen molar-refractivity contribution in [1.82, 2.24) is 15.6 Å². The number of pyridine rings is 1. The van der Waals surface area contributed by atoms with Gasteiger partial charge in [0.25, 0.3) is 11.8 Å². The van der Waals surface area contributed by atoms with E-state index >= 15 is 0 Å². The zero-order valence-corrected chi connectivity index (χ0v) is 31.9. The number of amidine groups is 1. The van der Waals surface area contributed by atoms with Gasteiger partial charge in [0, 0.05) is 40.0 Å². The summed E-state index contributed by atoms with van der Waals surface area (Å²) >= 11 is 0. The topological polar surface area (TPSA) is 221 Å². The van der Waals surface area contributed by atoms with Gasteiger partial charge in [0.15, 0.2) is 5.69 Å². The molecule has 55 heavy (non-hydrogen) atoms. The average Bonchev–Trinajstić information content (AvgIpc) is 3.99. The van der Waals surface area contributed by atoms with Gasteiger partial charge in [-0.1, -0.05) is 32.9 Å². The molecule has 0 bridgehead atoms. The number of rotatable bonds is 16. The maximum atomic E-state index is 13.9.